The van der Waals surface area contributed by atoms with Crippen LogP contribution in [0.5, 0.6) is 0 Å². The molecule has 1 aliphatic heterocycles. The van der Waals surface area contributed by atoms with Crippen LogP contribution >= 0.6 is 23.2 Å². The lowest BCUT2D eigenvalue weighted by atomic mass is 10.1. The van der Waals surface area contributed by atoms with Gasteiger partial charge in [-0.05, 0) is 12.1 Å². The van der Waals surface area contributed by atoms with E-state index in [1.165, 1.54) is 0 Å². The maximum absolute atomic E-state index is 10.9. The molecule has 0 spiro atoms. The third kappa shape index (κ3) is 4.83. The van der Waals surface area contributed by atoms with Gasteiger partial charge in [0.2, 0.25) is 5.91 Å². The monoisotopic (exact) mass is 331 g/mol. The third-order valence-corrected chi connectivity index (χ3v) is 4.16. The van der Waals surface area contributed by atoms with E-state index in [0.717, 1.165) is 26.2 Å². The first-order chi connectivity index (χ1) is 9.95. The highest BCUT2D eigenvalue weighted by molar-refractivity contribution is 6.35. The van der Waals surface area contributed by atoms with Gasteiger partial charge in [-0.3, -0.25) is 14.6 Å². The number of benzene rings is 1. The average Bonchev–Trinajstić information content (AvgIpc) is 2.40. The van der Waals surface area contributed by atoms with Gasteiger partial charge < -0.3 is 10.8 Å². The van der Waals surface area contributed by atoms with E-state index in [9.17, 15) is 9.90 Å². The normalized spacial score (nSPS) is 18.6. The zero-order chi connectivity index (χ0) is 15.4. The van der Waals surface area contributed by atoms with E-state index >= 15 is 0 Å². The molecule has 1 saturated heterocycles. The van der Waals surface area contributed by atoms with Crippen LogP contribution in [0.15, 0.2) is 18.2 Å². The van der Waals surface area contributed by atoms with Gasteiger partial charge in [0, 0.05) is 48.3 Å². The number of piperazine rings is 1. The molecule has 1 amide bonds. The summed E-state index contributed by atoms with van der Waals surface area (Å²) in [6.45, 7) is 3.91. The van der Waals surface area contributed by atoms with Gasteiger partial charge in [0.1, 0.15) is 0 Å². The number of amides is 1. The summed E-state index contributed by atoms with van der Waals surface area (Å²) in [5.74, 6) is -0.309. The molecule has 116 valence electrons. The number of halogens is 2. The smallest absolute Gasteiger partial charge is 0.231 e. The first kappa shape index (κ1) is 16.5. The summed E-state index contributed by atoms with van der Waals surface area (Å²) in [7, 11) is 0. The number of primary amides is 1. The molecule has 0 aromatic heterocycles. The van der Waals surface area contributed by atoms with Crippen LogP contribution in [0.4, 0.5) is 0 Å². The number of aliphatic hydroxyl groups excluding tert-OH is 1. The second-order valence-corrected chi connectivity index (χ2v) is 6.07. The van der Waals surface area contributed by atoms with Crippen LogP contribution in [0.1, 0.15) is 11.7 Å². The molecule has 2 rings (SSSR count). The van der Waals surface area contributed by atoms with Crippen molar-refractivity contribution in [1.29, 1.82) is 0 Å². The second kappa shape index (κ2) is 7.42. The lowest BCUT2D eigenvalue weighted by Crippen LogP contribution is -2.49. The first-order valence-corrected chi connectivity index (χ1v) is 7.57. The van der Waals surface area contributed by atoms with Crippen molar-refractivity contribution in [1.82, 2.24) is 9.80 Å². The summed E-state index contributed by atoms with van der Waals surface area (Å²) >= 11 is 12.0. The van der Waals surface area contributed by atoms with Gasteiger partial charge in [0.05, 0.1) is 12.6 Å². The Kier molecular flexibility index (Phi) is 5.84. The van der Waals surface area contributed by atoms with Crippen LogP contribution in [0, 0.1) is 0 Å². The number of β-amino-alcohol motifs (C(OH)–C–C–N with tert-alkyl or cyclic N) is 1. The maximum atomic E-state index is 10.9. The van der Waals surface area contributed by atoms with Gasteiger partial charge in [-0.15, -0.1) is 0 Å². The molecule has 1 aromatic rings. The molecule has 0 saturated carbocycles. The van der Waals surface area contributed by atoms with E-state index in [4.69, 9.17) is 28.9 Å². The standard InChI is InChI=1S/C14H19Cl2N3O2/c15-10-1-2-11(12(16)7-10)13(20)8-18-3-5-19(6-4-18)9-14(17)21/h1-2,7,13,20H,3-6,8-9H2,(H2,17,21). The topological polar surface area (TPSA) is 69.8 Å². The zero-order valence-electron chi connectivity index (χ0n) is 11.6. The molecule has 1 aromatic carbocycles. The quantitative estimate of drug-likeness (QED) is 0.848. The molecule has 1 atom stereocenters. The summed E-state index contributed by atoms with van der Waals surface area (Å²) < 4.78 is 0. The van der Waals surface area contributed by atoms with Crippen LogP contribution in [-0.4, -0.2) is 60.1 Å². The van der Waals surface area contributed by atoms with Gasteiger partial charge in [0.25, 0.3) is 0 Å². The minimum Gasteiger partial charge on any atom is -0.387 e. The number of hydrogen-bond donors (Lipinski definition) is 2. The fraction of sp³-hybridized carbons (Fsp3) is 0.500. The van der Waals surface area contributed by atoms with E-state index in [2.05, 4.69) is 4.90 Å². The van der Waals surface area contributed by atoms with E-state index in [1.807, 2.05) is 4.90 Å². The van der Waals surface area contributed by atoms with Crippen molar-refractivity contribution in [2.45, 2.75) is 6.10 Å². The Morgan fingerprint density at radius 3 is 2.43 bits per heavy atom. The third-order valence-electron chi connectivity index (χ3n) is 3.60. The van der Waals surface area contributed by atoms with Crippen LogP contribution < -0.4 is 5.73 Å². The van der Waals surface area contributed by atoms with E-state index in [-0.39, 0.29) is 5.91 Å². The van der Waals surface area contributed by atoms with Crippen molar-refractivity contribution in [2.24, 2.45) is 5.73 Å². The number of carbonyl (C=O) groups is 1. The average molecular weight is 332 g/mol. The number of carbonyl (C=O) groups excluding carboxylic acids is 1. The van der Waals surface area contributed by atoms with Crippen molar-refractivity contribution in [3.05, 3.63) is 33.8 Å². The molecular formula is C14H19Cl2N3O2. The summed E-state index contributed by atoms with van der Waals surface area (Å²) in [6.07, 6.45) is -0.655. The number of rotatable bonds is 5. The molecule has 7 heteroatoms. The summed E-state index contributed by atoms with van der Waals surface area (Å²) in [5, 5.41) is 11.3. The Hall–Kier alpha value is -0.850. The Balaban J connectivity index is 1.86. The minimum atomic E-state index is -0.655. The maximum Gasteiger partial charge on any atom is 0.231 e. The Morgan fingerprint density at radius 2 is 1.86 bits per heavy atom. The van der Waals surface area contributed by atoms with Crippen molar-refractivity contribution < 1.29 is 9.90 Å². The molecule has 1 unspecified atom stereocenters. The van der Waals surface area contributed by atoms with Gasteiger partial charge in [-0.2, -0.15) is 0 Å². The minimum absolute atomic E-state index is 0.291. The molecule has 1 aliphatic rings. The Morgan fingerprint density at radius 1 is 1.24 bits per heavy atom. The highest BCUT2D eigenvalue weighted by Gasteiger charge is 2.21. The Bertz CT molecular complexity index is 505. The van der Waals surface area contributed by atoms with Crippen molar-refractivity contribution in [2.75, 3.05) is 39.3 Å². The fourth-order valence-corrected chi connectivity index (χ4v) is 3.00. The molecule has 1 heterocycles. The molecule has 3 N–H and O–H groups in total. The fourth-order valence-electron chi connectivity index (χ4n) is 2.47. The molecular weight excluding hydrogens is 313 g/mol. The van der Waals surface area contributed by atoms with Gasteiger partial charge in [-0.1, -0.05) is 29.3 Å². The highest BCUT2D eigenvalue weighted by Crippen LogP contribution is 2.27. The van der Waals surface area contributed by atoms with Crippen molar-refractivity contribution in [3.63, 3.8) is 0 Å². The lowest BCUT2D eigenvalue weighted by Gasteiger charge is -2.35. The van der Waals surface area contributed by atoms with E-state index in [1.54, 1.807) is 18.2 Å². The van der Waals surface area contributed by atoms with Crippen molar-refractivity contribution in [3.8, 4) is 0 Å². The van der Waals surface area contributed by atoms with Gasteiger partial charge in [0.15, 0.2) is 0 Å². The van der Waals surface area contributed by atoms with Crippen LogP contribution in [0.25, 0.3) is 0 Å². The molecule has 0 radical (unpaired) electrons. The van der Waals surface area contributed by atoms with Crippen molar-refractivity contribution >= 4 is 29.1 Å². The van der Waals surface area contributed by atoms with Crippen LogP contribution in [-0.2, 0) is 4.79 Å². The van der Waals surface area contributed by atoms with Gasteiger partial charge in [-0.25, -0.2) is 0 Å². The first-order valence-electron chi connectivity index (χ1n) is 6.81. The Labute approximate surface area is 134 Å². The molecule has 5 nitrogen and oxygen atoms in total. The predicted octanol–water partition coefficient (Wildman–Crippen LogP) is 1.13. The van der Waals surface area contributed by atoms with Crippen LogP contribution in [0.3, 0.4) is 0 Å². The van der Waals surface area contributed by atoms with Crippen LogP contribution in [0.2, 0.25) is 10.0 Å². The molecule has 0 aliphatic carbocycles. The zero-order valence-corrected chi connectivity index (χ0v) is 13.1. The number of nitrogens with two attached hydrogens (primary N) is 1. The van der Waals surface area contributed by atoms with Gasteiger partial charge >= 0.3 is 0 Å². The summed E-state index contributed by atoms with van der Waals surface area (Å²) in [6, 6.07) is 5.10. The summed E-state index contributed by atoms with van der Waals surface area (Å²) in [4.78, 5) is 15.0. The highest BCUT2D eigenvalue weighted by atomic mass is 35.5. The molecule has 1 fully saturated rings. The molecule has 0 bridgehead atoms. The largest absolute Gasteiger partial charge is 0.387 e. The van der Waals surface area contributed by atoms with E-state index < -0.39 is 6.10 Å². The summed E-state index contributed by atoms with van der Waals surface area (Å²) in [5.41, 5.74) is 5.87. The lowest BCUT2D eigenvalue weighted by molar-refractivity contribution is -0.119. The number of nitrogens with zero attached hydrogens (tertiary/aromatic N) is 2. The number of aliphatic hydroxyl groups is 1. The second-order valence-electron chi connectivity index (χ2n) is 5.22. The molecule has 21 heavy (non-hydrogen) atoms. The predicted molar refractivity (Wildman–Crippen MR) is 83.5 cm³/mol. The SMILES string of the molecule is NC(=O)CN1CCN(CC(O)c2ccc(Cl)cc2Cl)CC1. The number of hydrogen-bond acceptors (Lipinski definition) is 4. The van der Waals surface area contributed by atoms with E-state index in [0.29, 0.717) is 28.7 Å².